The monoisotopic (exact) mass is 271 g/mol. The van der Waals surface area contributed by atoms with Crippen LogP contribution in [0.3, 0.4) is 0 Å². The lowest BCUT2D eigenvalue weighted by molar-refractivity contribution is -0.139. The fourth-order valence-electron chi connectivity index (χ4n) is 1.73. The second kappa shape index (κ2) is 6.38. The van der Waals surface area contributed by atoms with E-state index in [1.165, 1.54) is 0 Å². The normalized spacial score (nSPS) is 11.1. The van der Waals surface area contributed by atoms with E-state index in [4.69, 9.17) is 15.1 Å². The molecule has 2 aromatic rings. The number of carbonyl (C=O) groups is 1. The molecule has 5 heteroatoms. The number of ether oxygens (including phenoxy) is 1. The van der Waals surface area contributed by atoms with Crippen LogP contribution in [0.5, 0.6) is 5.75 Å². The number of carboxylic acids is 1. The number of oxime groups is 1. The van der Waals surface area contributed by atoms with Gasteiger partial charge in [0.15, 0.2) is 6.61 Å². The summed E-state index contributed by atoms with van der Waals surface area (Å²) in [4.78, 5) is 10.4. The van der Waals surface area contributed by atoms with Crippen LogP contribution in [0.1, 0.15) is 11.1 Å². The highest BCUT2D eigenvalue weighted by Crippen LogP contribution is 2.16. The first kappa shape index (κ1) is 13.6. The van der Waals surface area contributed by atoms with E-state index in [0.29, 0.717) is 17.0 Å². The summed E-state index contributed by atoms with van der Waals surface area (Å²) >= 11 is 0. The zero-order valence-electron chi connectivity index (χ0n) is 10.6. The van der Waals surface area contributed by atoms with Crippen LogP contribution in [-0.4, -0.2) is 28.6 Å². The van der Waals surface area contributed by atoms with E-state index in [2.05, 4.69) is 5.16 Å². The van der Waals surface area contributed by atoms with Crippen LogP contribution in [0.15, 0.2) is 59.8 Å². The molecule has 20 heavy (non-hydrogen) atoms. The standard InChI is InChI=1S/C15H13NO4/c17-14(18)10-20-13-8-6-12(7-9-13)15(16-19)11-4-2-1-3-5-11/h1-9,19H,10H2,(H,17,18). The molecule has 0 fully saturated rings. The Hall–Kier alpha value is -2.82. The van der Waals surface area contributed by atoms with Crippen LogP contribution >= 0.6 is 0 Å². The van der Waals surface area contributed by atoms with Gasteiger partial charge in [-0.3, -0.25) is 0 Å². The molecular weight excluding hydrogens is 258 g/mol. The van der Waals surface area contributed by atoms with Crippen LogP contribution < -0.4 is 4.74 Å². The Kier molecular flexibility index (Phi) is 4.34. The average molecular weight is 271 g/mol. The molecule has 0 radical (unpaired) electrons. The maximum absolute atomic E-state index is 10.4. The molecule has 2 rings (SSSR count). The Morgan fingerprint density at radius 3 is 2.15 bits per heavy atom. The molecule has 0 heterocycles. The van der Waals surface area contributed by atoms with E-state index in [1.54, 1.807) is 24.3 Å². The minimum absolute atomic E-state index is 0.390. The van der Waals surface area contributed by atoms with Crippen molar-refractivity contribution in [2.24, 2.45) is 5.16 Å². The summed E-state index contributed by atoms with van der Waals surface area (Å²) in [6, 6.07) is 15.9. The van der Waals surface area contributed by atoms with Crippen LogP contribution in [-0.2, 0) is 4.79 Å². The van der Waals surface area contributed by atoms with Crippen molar-refractivity contribution in [1.82, 2.24) is 0 Å². The SMILES string of the molecule is O=C(O)COc1ccc(C(=NO)c2ccccc2)cc1. The molecule has 5 nitrogen and oxygen atoms in total. The summed E-state index contributed by atoms with van der Waals surface area (Å²) in [7, 11) is 0. The third kappa shape index (κ3) is 3.35. The second-order valence-corrected chi connectivity index (χ2v) is 4.02. The number of hydrogen-bond acceptors (Lipinski definition) is 4. The molecule has 0 saturated carbocycles. The molecule has 2 N–H and O–H groups in total. The summed E-state index contributed by atoms with van der Waals surface area (Å²) in [5, 5.41) is 21.0. The van der Waals surface area contributed by atoms with Crippen molar-refractivity contribution < 1.29 is 19.8 Å². The van der Waals surface area contributed by atoms with Crippen LogP contribution in [0, 0.1) is 0 Å². The van der Waals surface area contributed by atoms with Crippen molar-refractivity contribution in [2.45, 2.75) is 0 Å². The van der Waals surface area contributed by atoms with Gasteiger partial charge in [-0.25, -0.2) is 4.79 Å². The summed E-state index contributed by atoms with van der Waals surface area (Å²) in [6.45, 7) is -0.390. The van der Waals surface area contributed by atoms with Gasteiger partial charge >= 0.3 is 5.97 Å². The lowest BCUT2D eigenvalue weighted by atomic mass is 10.0. The van der Waals surface area contributed by atoms with Gasteiger partial charge in [0.25, 0.3) is 0 Å². The highest BCUT2D eigenvalue weighted by atomic mass is 16.5. The largest absolute Gasteiger partial charge is 0.482 e. The van der Waals surface area contributed by atoms with Crippen molar-refractivity contribution in [1.29, 1.82) is 0 Å². The van der Waals surface area contributed by atoms with E-state index in [9.17, 15) is 4.79 Å². The molecule has 0 amide bonds. The van der Waals surface area contributed by atoms with Gasteiger partial charge < -0.3 is 15.1 Å². The molecule has 0 aliphatic heterocycles. The lowest BCUT2D eigenvalue weighted by Crippen LogP contribution is -2.09. The molecular formula is C15H13NO4. The summed E-state index contributed by atoms with van der Waals surface area (Å²) in [6.07, 6.45) is 0. The highest BCUT2D eigenvalue weighted by molar-refractivity contribution is 6.12. The second-order valence-electron chi connectivity index (χ2n) is 4.02. The molecule has 0 atom stereocenters. The van der Waals surface area contributed by atoms with Crippen molar-refractivity contribution in [3.63, 3.8) is 0 Å². The maximum atomic E-state index is 10.4. The first-order chi connectivity index (χ1) is 9.70. The van der Waals surface area contributed by atoms with Crippen molar-refractivity contribution in [3.05, 3.63) is 65.7 Å². The predicted molar refractivity (Wildman–Crippen MR) is 73.4 cm³/mol. The zero-order chi connectivity index (χ0) is 14.4. The van der Waals surface area contributed by atoms with Crippen LogP contribution in [0.2, 0.25) is 0 Å². The van der Waals surface area contributed by atoms with Gasteiger partial charge in [-0.05, 0) is 24.3 Å². The van der Waals surface area contributed by atoms with Crippen molar-refractivity contribution in [2.75, 3.05) is 6.61 Å². The molecule has 0 aromatic heterocycles. The van der Waals surface area contributed by atoms with Gasteiger partial charge in [0.05, 0.1) is 0 Å². The zero-order valence-corrected chi connectivity index (χ0v) is 10.6. The Morgan fingerprint density at radius 1 is 1.00 bits per heavy atom. The third-order valence-electron chi connectivity index (χ3n) is 2.64. The van der Waals surface area contributed by atoms with Gasteiger partial charge in [-0.2, -0.15) is 0 Å². The predicted octanol–water partition coefficient (Wildman–Crippen LogP) is 2.38. The van der Waals surface area contributed by atoms with E-state index >= 15 is 0 Å². The Bertz CT molecular complexity index is 606. The molecule has 102 valence electrons. The molecule has 0 spiro atoms. The lowest BCUT2D eigenvalue weighted by Gasteiger charge is -2.07. The molecule has 0 aliphatic carbocycles. The number of carboxylic acid groups (broad SMARTS) is 1. The maximum Gasteiger partial charge on any atom is 0.341 e. The van der Waals surface area contributed by atoms with Gasteiger partial charge in [0.1, 0.15) is 11.5 Å². The Labute approximate surface area is 115 Å². The topological polar surface area (TPSA) is 79.1 Å². The average Bonchev–Trinajstić information content (AvgIpc) is 2.48. The number of hydrogen-bond donors (Lipinski definition) is 2. The molecule has 0 saturated heterocycles. The number of aliphatic carboxylic acids is 1. The van der Waals surface area contributed by atoms with E-state index in [-0.39, 0.29) is 6.61 Å². The molecule has 0 unspecified atom stereocenters. The molecule has 0 bridgehead atoms. The number of benzene rings is 2. The van der Waals surface area contributed by atoms with E-state index < -0.39 is 5.97 Å². The van der Waals surface area contributed by atoms with Crippen LogP contribution in [0.4, 0.5) is 0 Å². The highest BCUT2D eigenvalue weighted by Gasteiger charge is 2.07. The van der Waals surface area contributed by atoms with Gasteiger partial charge in [0.2, 0.25) is 0 Å². The number of nitrogens with zero attached hydrogens (tertiary/aromatic N) is 1. The van der Waals surface area contributed by atoms with Crippen molar-refractivity contribution in [3.8, 4) is 5.75 Å². The van der Waals surface area contributed by atoms with Gasteiger partial charge in [-0.1, -0.05) is 35.5 Å². The first-order valence-electron chi connectivity index (χ1n) is 5.93. The van der Waals surface area contributed by atoms with E-state index in [0.717, 1.165) is 5.56 Å². The Balaban J connectivity index is 2.18. The summed E-state index contributed by atoms with van der Waals surface area (Å²) in [5.74, 6) is -0.586. The third-order valence-corrected chi connectivity index (χ3v) is 2.64. The first-order valence-corrected chi connectivity index (χ1v) is 5.93. The van der Waals surface area contributed by atoms with Gasteiger partial charge in [0, 0.05) is 11.1 Å². The fourth-order valence-corrected chi connectivity index (χ4v) is 1.73. The van der Waals surface area contributed by atoms with Crippen molar-refractivity contribution >= 4 is 11.7 Å². The summed E-state index contributed by atoms with van der Waals surface area (Å²) in [5.41, 5.74) is 1.94. The quantitative estimate of drug-likeness (QED) is 0.497. The summed E-state index contributed by atoms with van der Waals surface area (Å²) < 4.78 is 5.04. The molecule has 2 aromatic carbocycles. The van der Waals surface area contributed by atoms with E-state index in [1.807, 2.05) is 30.3 Å². The Morgan fingerprint density at radius 2 is 1.60 bits per heavy atom. The fraction of sp³-hybridized carbons (Fsp3) is 0.0667. The smallest absolute Gasteiger partial charge is 0.341 e. The van der Waals surface area contributed by atoms with Gasteiger partial charge in [-0.15, -0.1) is 0 Å². The molecule has 0 aliphatic rings. The minimum Gasteiger partial charge on any atom is -0.482 e. The van der Waals surface area contributed by atoms with Crippen LogP contribution in [0.25, 0.3) is 0 Å². The number of rotatable bonds is 5. The minimum atomic E-state index is -1.03.